The van der Waals surface area contributed by atoms with Crippen LogP contribution in [0, 0.1) is 0 Å². The molecule has 6 heteroatoms. The van der Waals surface area contributed by atoms with E-state index in [1.54, 1.807) is 6.92 Å². The number of rotatable bonds is 9. The Hall–Kier alpha value is -4.68. The summed E-state index contributed by atoms with van der Waals surface area (Å²) in [5.74, 6) is 0. The van der Waals surface area contributed by atoms with Crippen LogP contribution in [0.2, 0.25) is 0 Å². The molecule has 0 bridgehead atoms. The van der Waals surface area contributed by atoms with Crippen LogP contribution in [-0.2, 0) is 4.79 Å². The van der Waals surface area contributed by atoms with Gasteiger partial charge in [0.2, 0.25) is 0 Å². The highest BCUT2D eigenvalue weighted by atomic mass is 32.2. The zero-order valence-electron chi connectivity index (χ0n) is 24.7. The first-order chi connectivity index (χ1) is 20.3. The van der Waals surface area contributed by atoms with Crippen molar-refractivity contribution in [1.82, 2.24) is 0 Å². The van der Waals surface area contributed by atoms with Gasteiger partial charge in [-0.15, -0.1) is 0 Å². The van der Waals surface area contributed by atoms with Crippen molar-refractivity contribution in [3.05, 3.63) is 127 Å². The third kappa shape index (κ3) is 6.61. The second kappa shape index (κ2) is 12.9. The van der Waals surface area contributed by atoms with E-state index in [9.17, 15) is 4.79 Å². The normalized spacial score (nSPS) is 10.7. The van der Waals surface area contributed by atoms with E-state index in [1.807, 2.05) is 30.3 Å². The van der Waals surface area contributed by atoms with Gasteiger partial charge in [0, 0.05) is 85.5 Å². The van der Waals surface area contributed by atoms with Crippen LogP contribution in [0.1, 0.15) is 6.92 Å². The van der Waals surface area contributed by atoms with Crippen LogP contribution in [-0.4, -0.2) is 33.3 Å². The predicted octanol–water partition coefficient (Wildman–Crippen LogP) is 9.40. The Balaban J connectivity index is 1.23. The van der Waals surface area contributed by atoms with Crippen molar-refractivity contribution in [2.45, 2.75) is 11.8 Å². The number of para-hydroxylation sites is 1. The highest BCUT2D eigenvalue weighted by molar-refractivity contribution is 8.13. The summed E-state index contributed by atoms with van der Waals surface area (Å²) in [6, 6.07) is 44.2. The van der Waals surface area contributed by atoms with E-state index < -0.39 is 0 Å². The Morgan fingerprint density at radius 3 is 0.905 bits per heavy atom. The third-order valence-corrected chi connectivity index (χ3v) is 8.30. The molecule has 0 aliphatic heterocycles. The van der Waals surface area contributed by atoms with Crippen molar-refractivity contribution < 1.29 is 4.79 Å². The monoisotopic (exact) mass is 572 g/mol. The fraction of sp³-hybridized carbons (Fsp3) is 0.139. The van der Waals surface area contributed by atoms with Crippen LogP contribution < -0.4 is 19.6 Å². The van der Waals surface area contributed by atoms with Gasteiger partial charge in [0.05, 0.1) is 0 Å². The van der Waals surface area contributed by atoms with Gasteiger partial charge in [-0.2, -0.15) is 0 Å². The molecule has 5 nitrogen and oxygen atoms in total. The van der Waals surface area contributed by atoms with Gasteiger partial charge in [0.1, 0.15) is 0 Å². The van der Waals surface area contributed by atoms with Crippen molar-refractivity contribution in [2.24, 2.45) is 0 Å². The number of hydrogen-bond acceptors (Lipinski definition) is 6. The van der Waals surface area contributed by atoms with E-state index >= 15 is 0 Å². The molecule has 0 heterocycles. The van der Waals surface area contributed by atoms with Gasteiger partial charge < -0.3 is 19.6 Å². The molecule has 5 aromatic carbocycles. The van der Waals surface area contributed by atoms with E-state index in [2.05, 4.69) is 145 Å². The summed E-state index contributed by atoms with van der Waals surface area (Å²) in [4.78, 5) is 21.0. The Morgan fingerprint density at radius 1 is 0.405 bits per heavy atom. The third-order valence-electron chi connectivity index (χ3n) is 7.50. The highest BCUT2D eigenvalue weighted by Crippen LogP contribution is 2.33. The second-order valence-corrected chi connectivity index (χ2v) is 11.5. The molecule has 0 spiro atoms. The first-order valence-corrected chi connectivity index (χ1v) is 14.7. The first kappa shape index (κ1) is 28.8. The molecule has 0 aromatic heterocycles. The molecule has 5 aromatic rings. The molecule has 0 fully saturated rings. The molecule has 0 saturated carbocycles. The SMILES string of the molecule is CC(=O)Sc1ccc(N(C)c2ccc(N(C)c3ccc(N(C)c4ccc(N(C)c5ccccc5)cc4)cc3)cc2)cc1. The molecule has 0 aliphatic carbocycles. The molecule has 0 saturated heterocycles. The van der Waals surface area contributed by atoms with Gasteiger partial charge >= 0.3 is 0 Å². The van der Waals surface area contributed by atoms with Crippen LogP contribution in [0.25, 0.3) is 0 Å². The Kier molecular flexibility index (Phi) is 8.84. The number of benzene rings is 5. The largest absolute Gasteiger partial charge is 0.345 e. The van der Waals surface area contributed by atoms with Gasteiger partial charge in [-0.1, -0.05) is 30.0 Å². The number of carbonyl (C=O) groups is 1. The highest BCUT2D eigenvalue weighted by Gasteiger charge is 2.11. The minimum absolute atomic E-state index is 0.0927. The van der Waals surface area contributed by atoms with Gasteiger partial charge in [-0.25, -0.2) is 0 Å². The van der Waals surface area contributed by atoms with Gasteiger partial charge in [0.25, 0.3) is 0 Å². The lowest BCUT2D eigenvalue weighted by Crippen LogP contribution is -2.13. The van der Waals surface area contributed by atoms with E-state index in [1.165, 1.54) is 11.8 Å². The van der Waals surface area contributed by atoms with Gasteiger partial charge in [-0.05, 0) is 109 Å². The quantitative estimate of drug-likeness (QED) is 0.164. The fourth-order valence-electron chi connectivity index (χ4n) is 4.85. The van der Waals surface area contributed by atoms with Crippen LogP contribution in [0.4, 0.5) is 45.5 Å². The minimum Gasteiger partial charge on any atom is -0.345 e. The van der Waals surface area contributed by atoms with Crippen molar-refractivity contribution in [3.63, 3.8) is 0 Å². The fourth-order valence-corrected chi connectivity index (χ4v) is 5.46. The van der Waals surface area contributed by atoms with Crippen molar-refractivity contribution in [2.75, 3.05) is 47.8 Å². The van der Waals surface area contributed by atoms with Gasteiger partial charge in [0.15, 0.2) is 5.12 Å². The van der Waals surface area contributed by atoms with Crippen LogP contribution in [0.5, 0.6) is 0 Å². The molecule has 5 rings (SSSR count). The summed E-state index contributed by atoms with van der Waals surface area (Å²) >= 11 is 1.25. The lowest BCUT2D eigenvalue weighted by molar-refractivity contribution is -0.109. The van der Waals surface area contributed by atoms with E-state index in [0.717, 1.165) is 50.4 Å². The second-order valence-electron chi connectivity index (χ2n) is 10.2. The molecule has 0 N–H and O–H groups in total. The van der Waals surface area contributed by atoms with E-state index in [-0.39, 0.29) is 5.12 Å². The number of thioether (sulfide) groups is 1. The molecule has 212 valence electrons. The summed E-state index contributed by atoms with van der Waals surface area (Å²) < 4.78 is 0. The summed E-state index contributed by atoms with van der Waals surface area (Å²) in [5.41, 5.74) is 8.96. The smallest absolute Gasteiger partial charge is 0.190 e. The number of carbonyl (C=O) groups excluding carboxylic acids is 1. The summed E-state index contributed by atoms with van der Waals surface area (Å²) in [6.07, 6.45) is 0. The molecule has 0 aliphatic rings. The van der Waals surface area contributed by atoms with Crippen LogP contribution >= 0.6 is 11.8 Å². The van der Waals surface area contributed by atoms with Crippen molar-refractivity contribution >= 4 is 62.4 Å². The minimum atomic E-state index is 0.0927. The van der Waals surface area contributed by atoms with Crippen molar-refractivity contribution in [3.8, 4) is 0 Å². The molecule has 0 atom stereocenters. The predicted molar refractivity (Wildman–Crippen MR) is 181 cm³/mol. The van der Waals surface area contributed by atoms with Gasteiger partial charge in [-0.3, -0.25) is 4.79 Å². The Bertz CT molecular complexity index is 1600. The lowest BCUT2D eigenvalue weighted by atomic mass is 10.2. The molecular weight excluding hydrogens is 536 g/mol. The molecule has 42 heavy (non-hydrogen) atoms. The number of nitrogens with zero attached hydrogens (tertiary/aromatic N) is 4. The molecule has 0 radical (unpaired) electrons. The molecular formula is C36H36N4OS. The Morgan fingerprint density at radius 2 is 0.643 bits per heavy atom. The Labute approximate surface area is 253 Å². The summed E-state index contributed by atoms with van der Waals surface area (Å²) in [7, 11) is 8.33. The standard InChI is InChI=1S/C36H36N4OS/c1-27(41)42-36-25-23-35(24-26-36)40(5)34-21-19-33(20-22-34)39(4)32-17-15-31(16-18-32)38(3)30-13-11-29(12-14-30)37(2)28-9-7-6-8-10-28/h6-26H,1-5H3. The zero-order chi connectivity index (χ0) is 29.6. The molecule has 0 unspecified atom stereocenters. The van der Waals surface area contributed by atoms with E-state index in [4.69, 9.17) is 0 Å². The topological polar surface area (TPSA) is 30.0 Å². The number of hydrogen-bond donors (Lipinski definition) is 0. The average molecular weight is 573 g/mol. The maximum Gasteiger partial charge on any atom is 0.190 e. The van der Waals surface area contributed by atoms with E-state index in [0.29, 0.717) is 0 Å². The first-order valence-electron chi connectivity index (χ1n) is 13.9. The van der Waals surface area contributed by atoms with Crippen LogP contribution in [0.3, 0.4) is 0 Å². The summed E-state index contributed by atoms with van der Waals surface area (Å²) in [6.45, 7) is 1.59. The van der Waals surface area contributed by atoms with Crippen LogP contribution in [0.15, 0.2) is 132 Å². The number of anilines is 8. The lowest BCUT2D eigenvalue weighted by Gasteiger charge is -2.25. The summed E-state index contributed by atoms with van der Waals surface area (Å²) in [5, 5.41) is 0.0927. The zero-order valence-corrected chi connectivity index (χ0v) is 25.5. The molecule has 0 amide bonds. The maximum absolute atomic E-state index is 11.4. The van der Waals surface area contributed by atoms with Crippen molar-refractivity contribution in [1.29, 1.82) is 0 Å². The average Bonchev–Trinajstić information content (AvgIpc) is 3.04. The maximum atomic E-state index is 11.4.